The Morgan fingerprint density at radius 3 is 2.35 bits per heavy atom. The largest absolute Gasteiger partial charge is 0.354 e. The van der Waals surface area contributed by atoms with Crippen LogP contribution in [0.2, 0.25) is 5.02 Å². The molecule has 0 bridgehead atoms. The lowest BCUT2D eigenvalue weighted by atomic mass is 10.1. The van der Waals surface area contributed by atoms with Crippen molar-refractivity contribution in [1.29, 1.82) is 0 Å². The lowest BCUT2D eigenvalue weighted by Gasteiger charge is -2.24. The van der Waals surface area contributed by atoms with E-state index in [1.165, 1.54) is 0 Å². The molecule has 34 heavy (non-hydrogen) atoms. The highest BCUT2D eigenvalue weighted by molar-refractivity contribution is 6.30. The number of halogens is 1. The third-order valence-electron chi connectivity index (χ3n) is 6.25. The molecule has 7 nitrogen and oxygen atoms in total. The smallest absolute Gasteiger partial charge is 0.253 e. The summed E-state index contributed by atoms with van der Waals surface area (Å²) in [5.74, 6) is 1.65. The van der Waals surface area contributed by atoms with Gasteiger partial charge in [0.05, 0.1) is 16.8 Å². The third kappa shape index (κ3) is 4.23. The van der Waals surface area contributed by atoms with Crippen molar-refractivity contribution in [2.45, 2.75) is 27.2 Å². The van der Waals surface area contributed by atoms with Crippen LogP contribution >= 0.6 is 11.6 Å². The lowest BCUT2D eigenvalue weighted by Crippen LogP contribution is -2.35. The maximum atomic E-state index is 13.1. The summed E-state index contributed by atoms with van der Waals surface area (Å²) < 4.78 is 1.85. The Bertz CT molecular complexity index is 1350. The van der Waals surface area contributed by atoms with Gasteiger partial charge in [0.2, 0.25) is 0 Å². The van der Waals surface area contributed by atoms with Crippen LogP contribution in [0.25, 0.3) is 16.7 Å². The molecule has 8 heteroatoms. The highest BCUT2D eigenvalue weighted by Crippen LogP contribution is 2.30. The molecule has 0 N–H and O–H groups in total. The van der Waals surface area contributed by atoms with Crippen molar-refractivity contribution in [3.05, 3.63) is 76.2 Å². The molecular formula is C26H27ClN6O. The van der Waals surface area contributed by atoms with Crippen LogP contribution in [0.15, 0.2) is 48.5 Å². The molecule has 174 valence electrons. The van der Waals surface area contributed by atoms with Crippen LogP contribution in [0.1, 0.15) is 33.9 Å². The summed E-state index contributed by atoms with van der Waals surface area (Å²) in [7, 11) is 0. The quantitative estimate of drug-likeness (QED) is 0.428. The van der Waals surface area contributed by atoms with Crippen molar-refractivity contribution in [1.82, 2.24) is 24.6 Å². The molecule has 4 aromatic rings. The molecule has 1 aliphatic rings. The van der Waals surface area contributed by atoms with Gasteiger partial charge in [-0.2, -0.15) is 5.10 Å². The van der Waals surface area contributed by atoms with Gasteiger partial charge in [0.1, 0.15) is 11.6 Å². The molecule has 0 saturated carbocycles. The van der Waals surface area contributed by atoms with Crippen LogP contribution in [0, 0.1) is 20.8 Å². The zero-order chi connectivity index (χ0) is 23.8. The van der Waals surface area contributed by atoms with Crippen molar-refractivity contribution in [2.24, 2.45) is 0 Å². The van der Waals surface area contributed by atoms with Crippen molar-refractivity contribution >= 4 is 34.4 Å². The molecule has 1 amide bonds. The number of anilines is 1. The highest BCUT2D eigenvalue weighted by Gasteiger charge is 2.25. The van der Waals surface area contributed by atoms with E-state index in [2.05, 4.69) is 4.90 Å². The summed E-state index contributed by atoms with van der Waals surface area (Å²) in [6.07, 6.45) is 0.868. The van der Waals surface area contributed by atoms with E-state index in [1.807, 2.05) is 78.9 Å². The summed E-state index contributed by atoms with van der Waals surface area (Å²) >= 11 is 6.08. The molecule has 1 fully saturated rings. The van der Waals surface area contributed by atoms with Gasteiger partial charge in [0.25, 0.3) is 5.91 Å². The van der Waals surface area contributed by atoms with Crippen LogP contribution in [-0.2, 0) is 0 Å². The maximum Gasteiger partial charge on any atom is 0.253 e. The summed E-state index contributed by atoms with van der Waals surface area (Å²) in [4.78, 5) is 26.8. The molecular weight excluding hydrogens is 448 g/mol. The molecule has 3 heterocycles. The number of hydrogen-bond acceptors (Lipinski definition) is 5. The molecule has 0 aliphatic carbocycles. The Balaban J connectivity index is 1.45. The predicted octanol–water partition coefficient (Wildman–Crippen LogP) is 4.75. The van der Waals surface area contributed by atoms with E-state index >= 15 is 0 Å². The first-order valence-electron chi connectivity index (χ1n) is 11.5. The van der Waals surface area contributed by atoms with Gasteiger partial charge < -0.3 is 9.80 Å². The minimum Gasteiger partial charge on any atom is -0.354 e. The van der Waals surface area contributed by atoms with Crippen molar-refractivity contribution in [3.8, 4) is 5.69 Å². The van der Waals surface area contributed by atoms with E-state index in [-0.39, 0.29) is 5.91 Å². The molecule has 0 atom stereocenters. The van der Waals surface area contributed by atoms with Crippen LogP contribution in [-0.4, -0.2) is 56.7 Å². The average Bonchev–Trinajstić information content (AvgIpc) is 2.99. The normalized spacial score (nSPS) is 14.5. The molecule has 2 aromatic carbocycles. The fourth-order valence-electron chi connectivity index (χ4n) is 4.47. The second kappa shape index (κ2) is 9.06. The number of carbonyl (C=O) groups excluding carboxylic acids is 1. The number of aromatic nitrogens is 4. The van der Waals surface area contributed by atoms with Gasteiger partial charge in [0, 0.05) is 36.8 Å². The fraction of sp³-hybridized carbons (Fsp3) is 0.308. The van der Waals surface area contributed by atoms with Gasteiger partial charge in [-0.15, -0.1) is 0 Å². The average molecular weight is 475 g/mol. The first-order valence-corrected chi connectivity index (χ1v) is 11.9. The number of nitrogens with zero attached hydrogens (tertiary/aromatic N) is 6. The number of benzene rings is 2. The first kappa shape index (κ1) is 22.3. The molecule has 0 spiro atoms. The predicted molar refractivity (Wildman–Crippen MR) is 135 cm³/mol. The maximum absolute atomic E-state index is 13.1. The SMILES string of the molecule is Cc1ccc(C(=O)N2CCCN(c3nc(C)nc4c3c(C)nn4-c3ccc(Cl)cc3)CC2)cc1. The number of aryl methyl sites for hydroxylation is 3. The number of amides is 1. The van der Waals surface area contributed by atoms with E-state index in [0.29, 0.717) is 23.9 Å². The van der Waals surface area contributed by atoms with Gasteiger partial charge >= 0.3 is 0 Å². The summed E-state index contributed by atoms with van der Waals surface area (Å²) in [6.45, 7) is 8.80. The van der Waals surface area contributed by atoms with E-state index in [0.717, 1.165) is 58.9 Å². The second-order valence-corrected chi connectivity index (χ2v) is 9.20. The van der Waals surface area contributed by atoms with Crippen LogP contribution in [0.4, 0.5) is 5.82 Å². The molecule has 1 aliphatic heterocycles. The Morgan fingerprint density at radius 2 is 1.62 bits per heavy atom. The molecule has 5 rings (SSSR count). The first-order chi connectivity index (χ1) is 16.4. The highest BCUT2D eigenvalue weighted by atomic mass is 35.5. The summed E-state index contributed by atoms with van der Waals surface area (Å²) in [5.41, 5.74) is 4.43. The Kier molecular flexibility index (Phi) is 5.96. The lowest BCUT2D eigenvalue weighted by molar-refractivity contribution is 0.0767. The van der Waals surface area contributed by atoms with Crippen LogP contribution < -0.4 is 4.90 Å². The Hall–Kier alpha value is -3.45. The number of rotatable bonds is 3. The fourth-order valence-corrected chi connectivity index (χ4v) is 4.60. The topological polar surface area (TPSA) is 67.2 Å². The van der Waals surface area contributed by atoms with E-state index in [1.54, 1.807) is 0 Å². The number of fused-ring (bicyclic) bond motifs is 1. The minimum atomic E-state index is 0.0811. The van der Waals surface area contributed by atoms with Gasteiger partial charge in [-0.25, -0.2) is 14.6 Å². The monoisotopic (exact) mass is 474 g/mol. The van der Waals surface area contributed by atoms with E-state index < -0.39 is 0 Å². The van der Waals surface area contributed by atoms with Crippen LogP contribution in [0.3, 0.4) is 0 Å². The zero-order valence-corrected chi connectivity index (χ0v) is 20.4. The number of hydrogen-bond donors (Lipinski definition) is 0. The van der Waals surface area contributed by atoms with Gasteiger partial charge in [0.15, 0.2) is 5.65 Å². The van der Waals surface area contributed by atoms with Crippen molar-refractivity contribution < 1.29 is 4.79 Å². The Labute approximate surface area is 204 Å². The van der Waals surface area contributed by atoms with Gasteiger partial charge in [-0.05, 0) is 63.6 Å². The van der Waals surface area contributed by atoms with Gasteiger partial charge in [-0.3, -0.25) is 4.79 Å². The van der Waals surface area contributed by atoms with Crippen LogP contribution in [0.5, 0.6) is 0 Å². The van der Waals surface area contributed by atoms with Crippen molar-refractivity contribution in [2.75, 3.05) is 31.1 Å². The zero-order valence-electron chi connectivity index (χ0n) is 19.6. The Morgan fingerprint density at radius 1 is 0.882 bits per heavy atom. The van der Waals surface area contributed by atoms with Gasteiger partial charge in [-0.1, -0.05) is 29.3 Å². The number of carbonyl (C=O) groups is 1. The van der Waals surface area contributed by atoms with E-state index in [9.17, 15) is 4.79 Å². The molecule has 2 aromatic heterocycles. The standard InChI is InChI=1S/C26H27ClN6O/c1-17-5-7-20(8-6-17)26(34)32-14-4-13-31(15-16-32)24-23-18(2)30-33(25(23)29-19(3)28-24)22-11-9-21(27)10-12-22/h5-12H,4,13-16H2,1-3H3. The minimum absolute atomic E-state index is 0.0811. The molecule has 0 unspecified atom stereocenters. The summed E-state index contributed by atoms with van der Waals surface area (Å²) in [5, 5.41) is 6.40. The third-order valence-corrected chi connectivity index (χ3v) is 6.50. The molecule has 0 radical (unpaired) electrons. The van der Waals surface area contributed by atoms with Crippen molar-refractivity contribution in [3.63, 3.8) is 0 Å². The summed E-state index contributed by atoms with van der Waals surface area (Å²) in [6, 6.07) is 15.4. The molecule has 1 saturated heterocycles. The van der Waals surface area contributed by atoms with E-state index in [4.69, 9.17) is 26.7 Å². The second-order valence-electron chi connectivity index (χ2n) is 8.77.